The van der Waals surface area contributed by atoms with Gasteiger partial charge in [-0.25, -0.2) is 0 Å². The molecule has 0 bridgehead atoms. The van der Waals surface area contributed by atoms with Gasteiger partial charge in [0.15, 0.2) is 11.5 Å². The van der Waals surface area contributed by atoms with Crippen molar-refractivity contribution in [2.45, 2.75) is 39.0 Å². The molecule has 2 aromatic rings. The zero-order valence-corrected chi connectivity index (χ0v) is 15.2. The maximum Gasteiger partial charge on any atom is 0.163 e. The minimum Gasteiger partial charge on any atom is -0.490 e. The molecule has 0 aromatic heterocycles. The molecule has 0 atom stereocenters. The van der Waals surface area contributed by atoms with Gasteiger partial charge >= 0.3 is 0 Å². The van der Waals surface area contributed by atoms with E-state index in [-0.39, 0.29) is 0 Å². The molecule has 128 valence electrons. The highest BCUT2D eigenvalue weighted by Crippen LogP contribution is 2.34. The van der Waals surface area contributed by atoms with Crippen LogP contribution in [0, 0.1) is 0 Å². The van der Waals surface area contributed by atoms with Crippen LogP contribution in [0.1, 0.15) is 30.9 Å². The van der Waals surface area contributed by atoms with E-state index in [1.165, 1.54) is 12.8 Å². The van der Waals surface area contributed by atoms with Gasteiger partial charge in [-0.15, -0.1) is 0 Å². The molecule has 0 saturated heterocycles. The first-order valence-electron chi connectivity index (χ1n) is 8.21. The van der Waals surface area contributed by atoms with Crippen LogP contribution in [0.4, 0.5) is 0 Å². The monoisotopic (exact) mass is 365 g/mol. The summed E-state index contributed by atoms with van der Waals surface area (Å²) in [6.45, 7) is 3.69. The van der Waals surface area contributed by atoms with E-state index in [0.717, 1.165) is 23.4 Å². The Morgan fingerprint density at radius 3 is 2.58 bits per heavy atom. The Bertz CT molecular complexity index is 702. The molecule has 0 heterocycles. The lowest BCUT2D eigenvalue weighted by Gasteiger charge is -2.15. The Hall–Kier alpha value is -1.42. The largest absolute Gasteiger partial charge is 0.490 e. The van der Waals surface area contributed by atoms with E-state index < -0.39 is 0 Å². The molecule has 0 spiro atoms. The molecule has 1 N–H and O–H groups in total. The van der Waals surface area contributed by atoms with Gasteiger partial charge in [-0.2, -0.15) is 0 Å². The van der Waals surface area contributed by atoms with E-state index in [0.29, 0.717) is 35.1 Å². The minimum atomic E-state index is 0.413. The SMILES string of the molecule is CCOc1cc(CNC2CC2)c(Cl)cc1OCc1cccc(Cl)c1. The van der Waals surface area contributed by atoms with Crippen molar-refractivity contribution in [3.05, 3.63) is 57.6 Å². The molecule has 0 aliphatic heterocycles. The van der Waals surface area contributed by atoms with E-state index in [9.17, 15) is 0 Å². The molecule has 0 unspecified atom stereocenters. The number of hydrogen-bond acceptors (Lipinski definition) is 3. The first kappa shape index (κ1) is 17.4. The van der Waals surface area contributed by atoms with Gasteiger partial charge in [0.25, 0.3) is 0 Å². The first-order valence-corrected chi connectivity index (χ1v) is 8.97. The van der Waals surface area contributed by atoms with Gasteiger partial charge in [0.2, 0.25) is 0 Å². The average Bonchev–Trinajstić information content (AvgIpc) is 3.38. The maximum absolute atomic E-state index is 6.42. The minimum absolute atomic E-state index is 0.413. The number of halogens is 2. The summed E-state index contributed by atoms with van der Waals surface area (Å²) in [6.07, 6.45) is 2.49. The number of ether oxygens (including phenoxy) is 2. The summed E-state index contributed by atoms with van der Waals surface area (Å²) >= 11 is 12.4. The molecule has 1 saturated carbocycles. The third kappa shape index (κ3) is 4.79. The van der Waals surface area contributed by atoms with Crippen LogP contribution in [0.3, 0.4) is 0 Å². The van der Waals surface area contributed by atoms with Crippen LogP contribution in [-0.4, -0.2) is 12.6 Å². The van der Waals surface area contributed by atoms with E-state index in [1.54, 1.807) is 0 Å². The van der Waals surface area contributed by atoms with E-state index in [4.69, 9.17) is 32.7 Å². The fourth-order valence-corrected chi connectivity index (χ4v) is 2.86. The van der Waals surface area contributed by atoms with Crippen molar-refractivity contribution in [1.29, 1.82) is 0 Å². The molecule has 1 aliphatic carbocycles. The van der Waals surface area contributed by atoms with Gasteiger partial charge < -0.3 is 14.8 Å². The first-order chi connectivity index (χ1) is 11.7. The number of rotatable bonds is 8. The third-order valence-corrected chi connectivity index (χ3v) is 4.44. The van der Waals surface area contributed by atoms with Crippen LogP contribution >= 0.6 is 23.2 Å². The van der Waals surface area contributed by atoms with Gasteiger partial charge in [-0.05, 0) is 49.1 Å². The van der Waals surface area contributed by atoms with E-state index >= 15 is 0 Å². The summed E-state index contributed by atoms with van der Waals surface area (Å²) in [5.41, 5.74) is 2.03. The van der Waals surface area contributed by atoms with Crippen molar-refractivity contribution < 1.29 is 9.47 Å². The second kappa shape index (κ2) is 8.11. The zero-order chi connectivity index (χ0) is 16.9. The van der Waals surface area contributed by atoms with Gasteiger partial charge in [-0.3, -0.25) is 0 Å². The summed E-state index contributed by atoms with van der Waals surface area (Å²) in [4.78, 5) is 0. The number of nitrogens with one attached hydrogen (secondary N) is 1. The predicted octanol–water partition coefficient (Wildman–Crippen LogP) is 5.22. The molecule has 0 radical (unpaired) electrons. The average molecular weight is 366 g/mol. The van der Waals surface area contributed by atoms with Crippen LogP contribution in [0.15, 0.2) is 36.4 Å². The summed E-state index contributed by atoms with van der Waals surface area (Å²) in [6, 6.07) is 12.0. The van der Waals surface area contributed by atoms with Crippen LogP contribution in [0.25, 0.3) is 0 Å². The van der Waals surface area contributed by atoms with Gasteiger partial charge in [-0.1, -0.05) is 35.3 Å². The Kier molecular flexibility index (Phi) is 5.88. The third-order valence-electron chi connectivity index (χ3n) is 3.85. The molecule has 1 fully saturated rings. The molecule has 1 aliphatic rings. The molecule has 5 heteroatoms. The molecule has 3 nitrogen and oxygen atoms in total. The standard InChI is InChI=1S/C19H21Cl2NO2/c1-2-23-18-9-14(11-22-16-6-7-16)17(21)10-19(18)24-12-13-4-3-5-15(20)8-13/h3-5,8-10,16,22H,2,6-7,11-12H2,1H3. The Morgan fingerprint density at radius 2 is 1.88 bits per heavy atom. The fourth-order valence-electron chi connectivity index (χ4n) is 2.42. The van der Waals surface area contributed by atoms with Gasteiger partial charge in [0.05, 0.1) is 6.61 Å². The molecular formula is C19H21Cl2NO2. The quantitative estimate of drug-likeness (QED) is 0.695. The topological polar surface area (TPSA) is 30.5 Å². The lowest BCUT2D eigenvalue weighted by molar-refractivity contribution is 0.269. The second-order valence-corrected chi connectivity index (χ2v) is 6.74. The van der Waals surface area contributed by atoms with Crippen molar-refractivity contribution in [3.8, 4) is 11.5 Å². The number of benzene rings is 2. The summed E-state index contributed by atoms with van der Waals surface area (Å²) in [7, 11) is 0. The van der Waals surface area contributed by atoms with Crippen LogP contribution < -0.4 is 14.8 Å². The van der Waals surface area contributed by atoms with Crippen molar-refractivity contribution in [2.75, 3.05) is 6.61 Å². The van der Waals surface area contributed by atoms with Gasteiger partial charge in [0.1, 0.15) is 6.61 Å². The van der Waals surface area contributed by atoms with Crippen LogP contribution in [-0.2, 0) is 13.2 Å². The predicted molar refractivity (Wildman–Crippen MR) is 98.3 cm³/mol. The van der Waals surface area contributed by atoms with Crippen LogP contribution in [0.5, 0.6) is 11.5 Å². The van der Waals surface area contributed by atoms with Gasteiger partial charge in [0, 0.05) is 28.7 Å². The van der Waals surface area contributed by atoms with Crippen LogP contribution in [0.2, 0.25) is 10.0 Å². The molecule has 2 aromatic carbocycles. The molecular weight excluding hydrogens is 345 g/mol. The molecule has 0 amide bonds. The van der Waals surface area contributed by atoms with Crippen molar-refractivity contribution in [3.63, 3.8) is 0 Å². The van der Waals surface area contributed by atoms with Crippen molar-refractivity contribution in [1.82, 2.24) is 5.32 Å². The maximum atomic E-state index is 6.42. The Labute approximate surface area is 152 Å². The summed E-state index contributed by atoms with van der Waals surface area (Å²) in [5, 5.41) is 4.85. The highest BCUT2D eigenvalue weighted by molar-refractivity contribution is 6.31. The Balaban J connectivity index is 1.73. The van der Waals surface area contributed by atoms with E-state index in [1.807, 2.05) is 43.3 Å². The van der Waals surface area contributed by atoms with E-state index in [2.05, 4.69) is 5.32 Å². The second-order valence-electron chi connectivity index (χ2n) is 5.90. The summed E-state index contributed by atoms with van der Waals surface area (Å²) < 4.78 is 11.6. The number of hydrogen-bond donors (Lipinski definition) is 1. The molecule has 3 rings (SSSR count). The zero-order valence-electron chi connectivity index (χ0n) is 13.6. The molecule has 24 heavy (non-hydrogen) atoms. The normalized spacial score (nSPS) is 13.8. The lowest BCUT2D eigenvalue weighted by Crippen LogP contribution is -2.15. The van der Waals surface area contributed by atoms with Crippen molar-refractivity contribution in [2.24, 2.45) is 0 Å². The highest BCUT2D eigenvalue weighted by Gasteiger charge is 2.21. The fraction of sp³-hybridized carbons (Fsp3) is 0.368. The summed E-state index contributed by atoms with van der Waals surface area (Å²) in [5.74, 6) is 1.37. The smallest absolute Gasteiger partial charge is 0.163 e. The highest BCUT2D eigenvalue weighted by atomic mass is 35.5. The Morgan fingerprint density at radius 1 is 1.08 bits per heavy atom. The van der Waals surface area contributed by atoms with Crippen molar-refractivity contribution >= 4 is 23.2 Å². The lowest BCUT2D eigenvalue weighted by atomic mass is 10.2.